The molecule has 0 aliphatic carbocycles. The quantitative estimate of drug-likeness (QED) is 0.305. The van der Waals surface area contributed by atoms with E-state index in [9.17, 15) is 18.0 Å². The zero-order valence-corrected chi connectivity index (χ0v) is 18.3. The van der Waals surface area contributed by atoms with Crippen LogP contribution in [0.25, 0.3) is 0 Å². The monoisotopic (exact) mass is 458 g/mol. The van der Waals surface area contributed by atoms with Crippen LogP contribution in [0.5, 0.6) is 0 Å². The summed E-state index contributed by atoms with van der Waals surface area (Å²) in [4.78, 5) is 28.8. The van der Waals surface area contributed by atoms with Crippen LogP contribution in [0, 0.1) is 18.3 Å². The van der Waals surface area contributed by atoms with E-state index in [2.05, 4.69) is 19.9 Å². The first-order valence-corrected chi connectivity index (χ1v) is 10.8. The van der Waals surface area contributed by atoms with E-state index in [4.69, 9.17) is 10.1 Å². The molecule has 2 N–H and O–H groups in total. The highest BCUT2D eigenvalue weighted by atomic mass is 32.2. The van der Waals surface area contributed by atoms with Gasteiger partial charge in [-0.25, -0.2) is 8.42 Å². The third-order valence-electron chi connectivity index (χ3n) is 4.10. The van der Waals surface area contributed by atoms with E-state index >= 15 is 0 Å². The van der Waals surface area contributed by atoms with Crippen LogP contribution in [0.4, 0.5) is 0 Å². The molecule has 0 saturated carbocycles. The molecule has 0 aliphatic heterocycles. The Bertz CT molecular complexity index is 1120. The number of hydrogen-bond donors (Lipinski definition) is 2. The molecule has 1 unspecified atom stereocenters. The maximum absolute atomic E-state index is 12.6. The van der Waals surface area contributed by atoms with E-state index < -0.39 is 34.5 Å². The van der Waals surface area contributed by atoms with Crippen molar-refractivity contribution in [1.29, 1.82) is 5.26 Å². The molecule has 0 heterocycles. The normalized spacial score (nSPS) is 12.0. The third-order valence-corrected chi connectivity index (χ3v) is 5.57. The lowest BCUT2D eigenvalue weighted by Crippen LogP contribution is -2.49. The number of hydrogen-bond acceptors (Lipinski definition) is 8. The zero-order chi connectivity index (χ0) is 23.6. The number of oxime groups is 1. The minimum atomic E-state index is -4.02. The predicted molar refractivity (Wildman–Crippen MR) is 115 cm³/mol. The highest BCUT2D eigenvalue weighted by Gasteiger charge is 2.27. The number of sulfonamides is 1. The van der Waals surface area contributed by atoms with Crippen molar-refractivity contribution in [2.75, 3.05) is 20.3 Å². The Morgan fingerprint density at radius 2 is 1.94 bits per heavy atom. The van der Waals surface area contributed by atoms with Gasteiger partial charge in [0.05, 0.1) is 29.9 Å². The lowest BCUT2D eigenvalue weighted by atomic mass is 10.2. The third kappa shape index (κ3) is 7.50. The lowest BCUT2D eigenvalue weighted by Gasteiger charge is -2.17. The Morgan fingerprint density at radius 1 is 1.22 bits per heavy atom. The van der Waals surface area contributed by atoms with Crippen molar-refractivity contribution in [3.8, 4) is 6.07 Å². The second-order valence-corrected chi connectivity index (χ2v) is 8.27. The number of ether oxygens (including phenoxy) is 1. The molecule has 2 rings (SSSR count). The Labute approximate surface area is 185 Å². The summed E-state index contributed by atoms with van der Waals surface area (Å²) in [5, 5.41) is 14.8. The van der Waals surface area contributed by atoms with Crippen LogP contribution in [0.1, 0.15) is 16.7 Å². The summed E-state index contributed by atoms with van der Waals surface area (Å²) in [6, 6.07) is 13.4. The molecule has 0 spiro atoms. The number of nitrogens with one attached hydrogen (secondary N) is 2. The van der Waals surface area contributed by atoms with Crippen molar-refractivity contribution < 1.29 is 27.6 Å². The van der Waals surface area contributed by atoms with Gasteiger partial charge in [0.15, 0.2) is 6.61 Å². The zero-order valence-electron chi connectivity index (χ0n) is 17.4. The van der Waals surface area contributed by atoms with Crippen molar-refractivity contribution in [3.63, 3.8) is 0 Å². The van der Waals surface area contributed by atoms with Crippen molar-refractivity contribution in [2.24, 2.45) is 5.16 Å². The van der Waals surface area contributed by atoms with E-state index in [0.717, 1.165) is 12.7 Å². The first-order chi connectivity index (χ1) is 15.2. The molecule has 0 aliphatic rings. The van der Waals surface area contributed by atoms with Gasteiger partial charge in [0.25, 0.3) is 5.91 Å². The van der Waals surface area contributed by atoms with Crippen LogP contribution in [0.3, 0.4) is 0 Å². The fourth-order valence-corrected chi connectivity index (χ4v) is 3.75. The number of amides is 1. The molecule has 0 saturated heterocycles. The van der Waals surface area contributed by atoms with Gasteiger partial charge in [-0.15, -0.1) is 0 Å². The average molecular weight is 458 g/mol. The second kappa shape index (κ2) is 11.6. The molecule has 0 radical (unpaired) electrons. The Hall–Kier alpha value is -3.75. The van der Waals surface area contributed by atoms with Crippen molar-refractivity contribution in [2.45, 2.75) is 17.9 Å². The number of rotatable bonds is 10. The van der Waals surface area contributed by atoms with E-state index in [1.165, 1.54) is 18.3 Å². The SMILES string of the molecule is COC(=O)C(CNC(=O)CO/N=C/c1ccc(C#N)cc1)NS(=O)(=O)c1cccc(C)c1. The van der Waals surface area contributed by atoms with Crippen LogP contribution in [0.2, 0.25) is 0 Å². The number of carbonyl (C=O) groups is 2. The second-order valence-electron chi connectivity index (χ2n) is 6.56. The van der Waals surface area contributed by atoms with Gasteiger partial charge in [0.1, 0.15) is 6.04 Å². The van der Waals surface area contributed by atoms with Gasteiger partial charge in [0, 0.05) is 6.54 Å². The van der Waals surface area contributed by atoms with Gasteiger partial charge in [0.2, 0.25) is 10.0 Å². The summed E-state index contributed by atoms with van der Waals surface area (Å²) in [5.41, 5.74) is 1.90. The van der Waals surface area contributed by atoms with Crippen LogP contribution in [-0.2, 0) is 29.2 Å². The molecule has 2 aromatic rings. The molecule has 0 fully saturated rings. The summed E-state index contributed by atoms with van der Waals surface area (Å²) in [6.07, 6.45) is 1.36. The van der Waals surface area contributed by atoms with E-state index in [-0.39, 0.29) is 11.4 Å². The first-order valence-electron chi connectivity index (χ1n) is 9.34. The number of nitrogens with zero attached hydrogens (tertiary/aromatic N) is 2. The summed E-state index contributed by atoms with van der Waals surface area (Å²) in [6.45, 7) is 0.936. The van der Waals surface area contributed by atoms with Gasteiger partial charge < -0.3 is 14.9 Å². The summed E-state index contributed by atoms with van der Waals surface area (Å²) in [7, 11) is -2.91. The van der Waals surface area contributed by atoms with Gasteiger partial charge in [-0.2, -0.15) is 9.98 Å². The molecular weight excluding hydrogens is 436 g/mol. The molecule has 10 nitrogen and oxygen atoms in total. The minimum Gasteiger partial charge on any atom is -0.468 e. The maximum atomic E-state index is 12.6. The van der Waals surface area contributed by atoms with Crippen LogP contribution in [0.15, 0.2) is 58.6 Å². The number of nitriles is 1. The molecule has 2 aromatic carbocycles. The number of carbonyl (C=O) groups excluding carboxylic acids is 2. The first kappa shape index (κ1) is 24.5. The molecule has 11 heteroatoms. The van der Waals surface area contributed by atoms with Gasteiger partial charge in [-0.1, -0.05) is 29.4 Å². The standard InChI is InChI=1S/C21H22N4O6S/c1-15-4-3-5-18(10-15)32(28,29)25-19(21(27)30-2)13-23-20(26)14-31-24-12-17-8-6-16(11-22)7-9-17/h3-10,12,19,25H,13-14H2,1-2H3,(H,23,26)/b24-12+. The Kier molecular flexibility index (Phi) is 8.88. The van der Waals surface area contributed by atoms with Crippen molar-refractivity contribution >= 4 is 28.1 Å². The maximum Gasteiger partial charge on any atom is 0.325 e. The van der Waals surface area contributed by atoms with Gasteiger partial charge in [-0.3, -0.25) is 9.59 Å². The summed E-state index contributed by atoms with van der Waals surface area (Å²) in [5.74, 6) is -1.48. The number of esters is 1. The number of methoxy groups -OCH3 is 1. The highest BCUT2D eigenvalue weighted by molar-refractivity contribution is 7.89. The fraction of sp³-hybridized carbons (Fsp3) is 0.238. The van der Waals surface area contributed by atoms with E-state index in [0.29, 0.717) is 11.1 Å². The highest BCUT2D eigenvalue weighted by Crippen LogP contribution is 2.11. The van der Waals surface area contributed by atoms with Crippen molar-refractivity contribution in [3.05, 3.63) is 65.2 Å². The lowest BCUT2D eigenvalue weighted by molar-refractivity contribution is -0.142. The fourth-order valence-electron chi connectivity index (χ4n) is 2.46. The molecule has 1 amide bonds. The molecule has 32 heavy (non-hydrogen) atoms. The van der Waals surface area contributed by atoms with E-state index in [1.54, 1.807) is 43.3 Å². The predicted octanol–water partition coefficient (Wildman–Crippen LogP) is 0.854. The molecule has 168 valence electrons. The van der Waals surface area contributed by atoms with E-state index in [1.807, 2.05) is 6.07 Å². The molecule has 0 aromatic heterocycles. The van der Waals surface area contributed by atoms with Crippen LogP contribution < -0.4 is 10.0 Å². The number of benzene rings is 2. The summed E-state index contributed by atoms with van der Waals surface area (Å²) < 4.78 is 32.0. The summed E-state index contributed by atoms with van der Waals surface area (Å²) >= 11 is 0. The van der Waals surface area contributed by atoms with Crippen LogP contribution >= 0.6 is 0 Å². The average Bonchev–Trinajstić information content (AvgIpc) is 2.79. The minimum absolute atomic E-state index is 0.0156. The molecule has 1 atom stereocenters. The molecule has 0 bridgehead atoms. The van der Waals surface area contributed by atoms with Crippen molar-refractivity contribution in [1.82, 2.24) is 10.0 Å². The Balaban J connectivity index is 1.89. The van der Waals surface area contributed by atoms with Gasteiger partial charge >= 0.3 is 5.97 Å². The topological polar surface area (TPSA) is 147 Å². The smallest absolute Gasteiger partial charge is 0.325 e. The largest absolute Gasteiger partial charge is 0.468 e. The van der Waals surface area contributed by atoms with Crippen LogP contribution in [-0.4, -0.2) is 52.8 Å². The van der Waals surface area contributed by atoms with Gasteiger partial charge in [-0.05, 0) is 42.3 Å². The number of aryl methyl sites for hydroxylation is 1. The molecular formula is C21H22N4O6S. The Morgan fingerprint density at radius 3 is 2.56 bits per heavy atom.